The Morgan fingerprint density at radius 3 is 2.83 bits per heavy atom. The van der Waals surface area contributed by atoms with Gasteiger partial charge >= 0.3 is 0 Å². The number of amidine groups is 1. The molecule has 0 aliphatic carbocycles. The van der Waals surface area contributed by atoms with Gasteiger partial charge < -0.3 is 15.0 Å². The number of carbonyl (C=O) groups is 1. The van der Waals surface area contributed by atoms with Crippen molar-refractivity contribution in [3.63, 3.8) is 0 Å². The van der Waals surface area contributed by atoms with Gasteiger partial charge in [0.1, 0.15) is 24.2 Å². The van der Waals surface area contributed by atoms with E-state index in [-0.39, 0.29) is 24.2 Å². The summed E-state index contributed by atoms with van der Waals surface area (Å²) >= 11 is 0. The topological polar surface area (TPSA) is 66.0 Å². The van der Waals surface area contributed by atoms with Crippen molar-refractivity contribution in [2.45, 2.75) is 32.2 Å². The van der Waals surface area contributed by atoms with Gasteiger partial charge in [-0.2, -0.15) is 5.10 Å². The molecule has 0 spiro atoms. The van der Waals surface area contributed by atoms with E-state index in [9.17, 15) is 9.18 Å². The zero-order valence-electron chi connectivity index (χ0n) is 17.1. The highest BCUT2D eigenvalue weighted by Gasteiger charge is 2.37. The van der Waals surface area contributed by atoms with Crippen LogP contribution in [0.2, 0.25) is 0 Å². The predicted molar refractivity (Wildman–Crippen MR) is 114 cm³/mol. The second-order valence-corrected chi connectivity index (χ2v) is 8.30. The standard InChI is InChI=1S/C23H25FN4O2/c1-13-11-25-8-7-15(13)17-9-20-21(10-18(17)16-5-3-4-6-19(16)24)30-12-22-26-27-23(29)14(2)28(20)22/h3-6,9-10,13-15,25H,7-8,11-12H2,1-2H3,(H,27,29). The summed E-state index contributed by atoms with van der Waals surface area (Å²) in [4.78, 5) is 14.2. The van der Waals surface area contributed by atoms with Gasteiger partial charge in [-0.1, -0.05) is 25.1 Å². The third-order valence-electron chi connectivity index (χ3n) is 6.44. The van der Waals surface area contributed by atoms with E-state index in [1.807, 2.05) is 30.0 Å². The van der Waals surface area contributed by atoms with Crippen molar-refractivity contribution in [2.75, 3.05) is 24.6 Å². The van der Waals surface area contributed by atoms with Crippen LogP contribution in [0.1, 0.15) is 31.7 Å². The summed E-state index contributed by atoms with van der Waals surface area (Å²) in [6.45, 7) is 6.19. The molecule has 1 saturated heterocycles. The minimum absolute atomic E-state index is 0.151. The fraction of sp³-hybridized carbons (Fsp3) is 0.391. The average Bonchev–Trinajstić information content (AvgIpc) is 2.76. The number of carbonyl (C=O) groups excluding carboxylic acids is 1. The van der Waals surface area contributed by atoms with Crippen LogP contribution in [-0.4, -0.2) is 37.5 Å². The Labute approximate surface area is 175 Å². The van der Waals surface area contributed by atoms with E-state index in [2.05, 4.69) is 28.8 Å². The number of nitrogens with zero attached hydrogens (tertiary/aromatic N) is 2. The van der Waals surface area contributed by atoms with Crippen molar-refractivity contribution in [1.29, 1.82) is 0 Å². The molecule has 2 N–H and O–H groups in total. The molecule has 3 atom stereocenters. The highest BCUT2D eigenvalue weighted by molar-refractivity contribution is 6.09. The summed E-state index contributed by atoms with van der Waals surface area (Å²) in [5.74, 6) is 1.62. The van der Waals surface area contributed by atoms with Crippen LogP contribution < -0.4 is 20.4 Å². The van der Waals surface area contributed by atoms with Crippen LogP contribution in [0, 0.1) is 11.7 Å². The van der Waals surface area contributed by atoms with E-state index in [1.165, 1.54) is 6.07 Å². The van der Waals surface area contributed by atoms with E-state index >= 15 is 0 Å². The number of fused-ring (bicyclic) bond motifs is 3. The lowest BCUT2D eigenvalue weighted by molar-refractivity contribution is -0.122. The molecule has 0 aromatic heterocycles. The number of halogens is 1. The Kier molecular flexibility index (Phi) is 4.70. The second-order valence-electron chi connectivity index (χ2n) is 8.30. The molecule has 3 aliphatic rings. The van der Waals surface area contributed by atoms with Crippen LogP contribution in [0.3, 0.4) is 0 Å². The number of hydrogen-bond acceptors (Lipinski definition) is 5. The number of anilines is 1. The van der Waals surface area contributed by atoms with E-state index < -0.39 is 6.04 Å². The number of amides is 1. The Morgan fingerprint density at radius 1 is 1.20 bits per heavy atom. The molecule has 3 unspecified atom stereocenters. The van der Waals surface area contributed by atoms with Gasteiger partial charge in [0.15, 0.2) is 5.84 Å². The van der Waals surface area contributed by atoms with Gasteiger partial charge in [0.25, 0.3) is 5.91 Å². The molecular weight excluding hydrogens is 383 g/mol. The minimum atomic E-state index is -0.391. The van der Waals surface area contributed by atoms with Gasteiger partial charge in [0.2, 0.25) is 0 Å². The molecule has 1 fully saturated rings. The van der Waals surface area contributed by atoms with Gasteiger partial charge in [-0.3, -0.25) is 4.79 Å². The third kappa shape index (κ3) is 3.04. The highest BCUT2D eigenvalue weighted by Crippen LogP contribution is 2.45. The number of hydrogen-bond donors (Lipinski definition) is 2. The molecule has 2 aromatic rings. The van der Waals surface area contributed by atoms with Gasteiger partial charge in [-0.15, -0.1) is 0 Å². The quantitative estimate of drug-likeness (QED) is 0.801. The molecule has 0 saturated carbocycles. The maximum absolute atomic E-state index is 14.8. The Hall–Kier alpha value is -2.93. The highest BCUT2D eigenvalue weighted by atomic mass is 19.1. The lowest BCUT2D eigenvalue weighted by Gasteiger charge is -2.39. The average molecular weight is 408 g/mol. The summed E-state index contributed by atoms with van der Waals surface area (Å²) in [6.07, 6.45) is 0.971. The molecular formula is C23H25FN4O2. The third-order valence-corrected chi connectivity index (χ3v) is 6.44. The fourth-order valence-corrected chi connectivity index (χ4v) is 4.78. The van der Waals surface area contributed by atoms with Crippen LogP contribution in [0.25, 0.3) is 11.1 Å². The first-order valence-corrected chi connectivity index (χ1v) is 10.5. The molecule has 2 aromatic carbocycles. The van der Waals surface area contributed by atoms with Crippen molar-refractivity contribution in [2.24, 2.45) is 11.0 Å². The van der Waals surface area contributed by atoms with E-state index in [0.29, 0.717) is 23.1 Å². The van der Waals surface area contributed by atoms with E-state index in [4.69, 9.17) is 4.74 Å². The van der Waals surface area contributed by atoms with Gasteiger partial charge in [-0.25, -0.2) is 9.82 Å². The lowest BCUT2D eigenvalue weighted by Crippen LogP contribution is -2.55. The van der Waals surface area contributed by atoms with Gasteiger partial charge in [-0.05, 0) is 67.6 Å². The minimum Gasteiger partial charge on any atom is -0.483 e. The molecule has 0 radical (unpaired) electrons. The number of benzene rings is 2. The first-order chi connectivity index (χ1) is 14.5. The summed E-state index contributed by atoms with van der Waals surface area (Å²) in [6, 6.07) is 10.5. The Balaban J connectivity index is 1.71. The number of ether oxygens (including phenoxy) is 1. The SMILES string of the molecule is CC1CNCCC1c1cc2c(cc1-c1ccccc1F)OCC1=NNC(=O)C(C)N12. The van der Waals surface area contributed by atoms with Crippen molar-refractivity contribution in [3.8, 4) is 16.9 Å². The summed E-state index contributed by atoms with van der Waals surface area (Å²) < 4.78 is 20.8. The number of hydrazone groups is 1. The van der Waals surface area contributed by atoms with Crippen molar-refractivity contribution in [3.05, 3.63) is 47.8 Å². The molecule has 3 heterocycles. The van der Waals surface area contributed by atoms with Gasteiger partial charge in [0, 0.05) is 5.56 Å². The predicted octanol–water partition coefficient (Wildman–Crippen LogP) is 3.24. The maximum Gasteiger partial charge on any atom is 0.262 e. The Morgan fingerprint density at radius 2 is 2.03 bits per heavy atom. The zero-order valence-corrected chi connectivity index (χ0v) is 17.1. The fourth-order valence-electron chi connectivity index (χ4n) is 4.78. The molecule has 7 heteroatoms. The van der Waals surface area contributed by atoms with Crippen LogP contribution in [0.15, 0.2) is 41.5 Å². The number of piperidine rings is 1. The molecule has 6 nitrogen and oxygen atoms in total. The summed E-state index contributed by atoms with van der Waals surface area (Å²) in [7, 11) is 0. The van der Waals surface area contributed by atoms with Crippen LogP contribution >= 0.6 is 0 Å². The normalized spacial score (nSPS) is 25.6. The second kappa shape index (κ2) is 7.40. The van der Waals surface area contributed by atoms with Crippen molar-refractivity contribution >= 4 is 17.4 Å². The zero-order chi connectivity index (χ0) is 20.8. The number of rotatable bonds is 2. The van der Waals surface area contributed by atoms with Crippen molar-refractivity contribution in [1.82, 2.24) is 10.7 Å². The number of nitrogens with one attached hydrogen (secondary N) is 2. The van der Waals surface area contributed by atoms with Crippen LogP contribution in [0.4, 0.5) is 10.1 Å². The molecule has 5 rings (SSSR count). The van der Waals surface area contributed by atoms with Crippen LogP contribution in [-0.2, 0) is 4.79 Å². The monoisotopic (exact) mass is 408 g/mol. The molecule has 0 bridgehead atoms. The van der Waals surface area contributed by atoms with Gasteiger partial charge in [0.05, 0.1) is 5.69 Å². The molecule has 1 amide bonds. The van der Waals surface area contributed by atoms with Crippen molar-refractivity contribution < 1.29 is 13.9 Å². The molecule has 156 valence electrons. The first-order valence-electron chi connectivity index (χ1n) is 10.5. The van der Waals surface area contributed by atoms with E-state index in [1.54, 1.807) is 6.07 Å². The smallest absolute Gasteiger partial charge is 0.262 e. The maximum atomic E-state index is 14.8. The molecule has 30 heavy (non-hydrogen) atoms. The summed E-state index contributed by atoms with van der Waals surface area (Å²) in [5, 5.41) is 7.63. The Bertz CT molecular complexity index is 1040. The molecule has 3 aliphatic heterocycles. The largest absolute Gasteiger partial charge is 0.483 e. The summed E-state index contributed by atoms with van der Waals surface area (Å²) in [5.41, 5.74) is 5.92. The first kappa shape index (κ1) is 19.1. The van der Waals surface area contributed by atoms with Crippen LogP contribution in [0.5, 0.6) is 5.75 Å². The van der Waals surface area contributed by atoms with E-state index in [0.717, 1.165) is 36.3 Å². The lowest BCUT2D eigenvalue weighted by atomic mass is 9.78.